The van der Waals surface area contributed by atoms with E-state index in [0.717, 1.165) is 5.56 Å². The molecular weight excluding hydrogens is 298 g/mol. The fourth-order valence-electron chi connectivity index (χ4n) is 2.42. The minimum absolute atomic E-state index is 0.0446. The maximum absolute atomic E-state index is 12.6. The highest BCUT2D eigenvalue weighted by Gasteiger charge is 2.26. The molecule has 22 heavy (non-hydrogen) atoms. The number of morpholine rings is 1. The smallest absolute Gasteiger partial charge is 0.257 e. The van der Waals surface area contributed by atoms with Gasteiger partial charge in [-0.3, -0.25) is 4.79 Å². The molecule has 1 aromatic carbocycles. The summed E-state index contributed by atoms with van der Waals surface area (Å²) >= 11 is 1.46. The van der Waals surface area contributed by atoms with Crippen LogP contribution < -0.4 is 0 Å². The van der Waals surface area contributed by atoms with Crippen LogP contribution in [0.1, 0.15) is 22.0 Å². The molecule has 1 aromatic heterocycles. The number of aromatic nitrogens is 2. The summed E-state index contributed by atoms with van der Waals surface area (Å²) in [6.45, 7) is 1.68. The van der Waals surface area contributed by atoms with Crippen LogP contribution in [0.3, 0.4) is 0 Å². The first-order chi connectivity index (χ1) is 10.8. The molecule has 0 radical (unpaired) electrons. The van der Waals surface area contributed by atoms with Crippen LogP contribution in [0, 0.1) is 0 Å². The average molecular weight is 315 g/mol. The molecular formula is C16H17N3O2S. The van der Waals surface area contributed by atoms with Crippen LogP contribution >= 0.6 is 11.8 Å². The molecule has 1 aliphatic rings. The van der Waals surface area contributed by atoms with Gasteiger partial charge in [0.05, 0.1) is 18.7 Å². The molecule has 1 atom stereocenters. The highest BCUT2D eigenvalue weighted by atomic mass is 32.2. The van der Waals surface area contributed by atoms with Gasteiger partial charge < -0.3 is 9.64 Å². The lowest BCUT2D eigenvalue weighted by Gasteiger charge is -2.33. The van der Waals surface area contributed by atoms with Crippen molar-refractivity contribution in [1.29, 1.82) is 0 Å². The molecule has 2 heterocycles. The first-order valence-electron chi connectivity index (χ1n) is 7.10. The first-order valence-corrected chi connectivity index (χ1v) is 8.32. The predicted molar refractivity (Wildman–Crippen MR) is 84.9 cm³/mol. The van der Waals surface area contributed by atoms with Crippen molar-refractivity contribution in [3.8, 4) is 0 Å². The van der Waals surface area contributed by atoms with E-state index in [2.05, 4.69) is 9.97 Å². The van der Waals surface area contributed by atoms with Crippen molar-refractivity contribution in [3.63, 3.8) is 0 Å². The van der Waals surface area contributed by atoms with Gasteiger partial charge in [0.1, 0.15) is 6.10 Å². The lowest BCUT2D eigenvalue weighted by Crippen LogP contribution is -2.42. The van der Waals surface area contributed by atoms with Crippen molar-refractivity contribution in [3.05, 3.63) is 53.9 Å². The van der Waals surface area contributed by atoms with Crippen molar-refractivity contribution in [2.75, 3.05) is 26.0 Å². The second-order valence-corrected chi connectivity index (χ2v) is 5.75. The van der Waals surface area contributed by atoms with Gasteiger partial charge in [0, 0.05) is 18.9 Å². The van der Waals surface area contributed by atoms with Crippen LogP contribution in [0.5, 0.6) is 0 Å². The van der Waals surface area contributed by atoms with E-state index < -0.39 is 0 Å². The summed E-state index contributed by atoms with van der Waals surface area (Å²) in [4.78, 5) is 22.7. The molecule has 0 spiro atoms. The number of ether oxygens (including phenoxy) is 1. The van der Waals surface area contributed by atoms with E-state index in [0.29, 0.717) is 30.4 Å². The number of nitrogens with zero attached hydrogens (tertiary/aromatic N) is 3. The lowest BCUT2D eigenvalue weighted by molar-refractivity contribution is -0.0228. The third kappa shape index (κ3) is 3.28. The molecule has 0 aliphatic carbocycles. The van der Waals surface area contributed by atoms with Crippen LogP contribution in [0.25, 0.3) is 0 Å². The van der Waals surface area contributed by atoms with Gasteiger partial charge in [-0.05, 0) is 11.8 Å². The molecule has 1 aliphatic heterocycles. The lowest BCUT2D eigenvalue weighted by atomic mass is 10.1. The number of amides is 1. The van der Waals surface area contributed by atoms with Crippen LogP contribution in [0.4, 0.5) is 0 Å². The SMILES string of the molecule is CSc1ncc(C(=O)N2CCOC(c3ccccc3)C2)cn1. The Labute approximate surface area is 133 Å². The van der Waals surface area contributed by atoms with Crippen LogP contribution in [0.15, 0.2) is 47.9 Å². The summed E-state index contributed by atoms with van der Waals surface area (Å²) in [5.41, 5.74) is 1.61. The predicted octanol–water partition coefficient (Wildman–Crippen LogP) is 2.41. The Balaban J connectivity index is 1.72. The van der Waals surface area contributed by atoms with Crippen LogP contribution in [0.2, 0.25) is 0 Å². The van der Waals surface area contributed by atoms with E-state index in [1.165, 1.54) is 11.8 Å². The second-order valence-electron chi connectivity index (χ2n) is 4.98. The molecule has 1 unspecified atom stereocenters. The molecule has 1 saturated heterocycles. The highest BCUT2D eigenvalue weighted by molar-refractivity contribution is 7.98. The molecule has 1 amide bonds. The quantitative estimate of drug-likeness (QED) is 0.643. The van der Waals surface area contributed by atoms with Gasteiger partial charge in [-0.2, -0.15) is 0 Å². The molecule has 5 nitrogen and oxygen atoms in total. The third-order valence-electron chi connectivity index (χ3n) is 3.58. The van der Waals surface area contributed by atoms with Crippen molar-refractivity contribution in [2.24, 2.45) is 0 Å². The number of benzene rings is 1. The molecule has 6 heteroatoms. The van der Waals surface area contributed by atoms with E-state index in [1.54, 1.807) is 17.3 Å². The number of hydrogen-bond donors (Lipinski definition) is 0. The summed E-state index contributed by atoms with van der Waals surface area (Å²) in [5, 5.41) is 0.667. The minimum atomic E-state index is -0.0784. The van der Waals surface area contributed by atoms with E-state index in [-0.39, 0.29) is 12.0 Å². The fraction of sp³-hybridized carbons (Fsp3) is 0.312. The van der Waals surface area contributed by atoms with E-state index in [1.807, 2.05) is 36.6 Å². The number of carbonyl (C=O) groups is 1. The van der Waals surface area contributed by atoms with E-state index in [9.17, 15) is 4.79 Å². The number of rotatable bonds is 3. The maximum Gasteiger partial charge on any atom is 0.257 e. The molecule has 0 N–H and O–H groups in total. The number of thioether (sulfide) groups is 1. The van der Waals surface area contributed by atoms with E-state index in [4.69, 9.17) is 4.74 Å². The van der Waals surface area contributed by atoms with Crippen molar-refractivity contribution < 1.29 is 9.53 Å². The van der Waals surface area contributed by atoms with E-state index >= 15 is 0 Å². The summed E-state index contributed by atoms with van der Waals surface area (Å²) in [5.74, 6) is -0.0446. The standard InChI is InChI=1S/C16H17N3O2S/c1-22-16-17-9-13(10-18-16)15(20)19-7-8-21-14(11-19)12-5-3-2-4-6-12/h2-6,9-10,14H,7-8,11H2,1H3. The van der Waals surface area contributed by atoms with Gasteiger partial charge in [0.2, 0.25) is 0 Å². The van der Waals surface area contributed by atoms with Crippen molar-refractivity contribution >= 4 is 17.7 Å². The Kier molecular flexibility index (Phi) is 4.70. The average Bonchev–Trinajstić information content (AvgIpc) is 2.62. The van der Waals surface area contributed by atoms with Gasteiger partial charge in [0.15, 0.2) is 5.16 Å². The molecule has 2 aromatic rings. The Hall–Kier alpha value is -1.92. The topological polar surface area (TPSA) is 55.3 Å². The van der Waals surface area contributed by atoms with Gasteiger partial charge >= 0.3 is 0 Å². The summed E-state index contributed by atoms with van der Waals surface area (Å²) in [6.07, 6.45) is 5.01. The van der Waals surface area contributed by atoms with Gasteiger partial charge in [0.25, 0.3) is 5.91 Å². The van der Waals surface area contributed by atoms with Gasteiger partial charge in [-0.25, -0.2) is 9.97 Å². The summed E-state index contributed by atoms with van der Waals surface area (Å²) < 4.78 is 5.79. The molecule has 3 rings (SSSR count). The van der Waals surface area contributed by atoms with Gasteiger partial charge in [-0.1, -0.05) is 42.1 Å². The van der Waals surface area contributed by atoms with Crippen LogP contribution in [-0.4, -0.2) is 46.7 Å². The Morgan fingerprint density at radius 1 is 1.27 bits per heavy atom. The minimum Gasteiger partial charge on any atom is -0.370 e. The third-order valence-corrected chi connectivity index (χ3v) is 4.16. The maximum atomic E-state index is 12.6. The highest BCUT2D eigenvalue weighted by Crippen LogP contribution is 2.23. The van der Waals surface area contributed by atoms with Crippen LogP contribution in [-0.2, 0) is 4.74 Å². The zero-order chi connectivity index (χ0) is 15.4. The zero-order valence-electron chi connectivity index (χ0n) is 12.3. The number of carbonyl (C=O) groups excluding carboxylic acids is 1. The Morgan fingerprint density at radius 3 is 2.68 bits per heavy atom. The summed E-state index contributed by atoms with van der Waals surface area (Å²) in [6, 6.07) is 9.98. The van der Waals surface area contributed by atoms with Gasteiger partial charge in [-0.15, -0.1) is 0 Å². The Morgan fingerprint density at radius 2 is 2.00 bits per heavy atom. The van der Waals surface area contributed by atoms with Crippen molar-refractivity contribution in [2.45, 2.75) is 11.3 Å². The monoisotopic (exact) mass is 315 g/mol. The Bertz CT molecular complexity index is 634. The normalized spacial score (nSPS) is 18.2. The molecule has 1 fully saturated rings. The molecule has 0 bridgehead atoms. The second kappa shape index (κ2) is 6.89. The molecule has 114 valence electrons. The largest absolute Gasteiger partial charge is 0.370 e. The fourth-order valence-corrected chi connectivity index (χ4v) is 2.73. The molecule has 0 saturated carbocycles. The zero-order valence-corrected chi connectivity index (χ0v) is 13.1. The number of hydrogen-bond acceptors (Lipinski definition) is 5. The van der Waals surface area contributed by atoms with Crippen molar-refractivity contribution in [1.82, 2.24) is 14.9 Å². The summed E-state index contributed by atoms with van der Waals surface area (Å²) in [7, 11) is 0. The first kappa shape index (κ1) is 15.0.